The summed E-state index contributed by atoms with van der Waals surface area (Å²) in [7, 11) is 0. The molecule has 0 saturated heterocycles. The molecule has 5 atom stereocenters. The number of carboxylic acid groups (broad SMARTS) is 4. The summed E-state index contributed by atoms with van der Waals surface area (Å²) in [6, 6.07) is -2.96. The summed E-state index contributed by atoms with van der Waals surface area (Å²) >= 11 is 0. The van der Waals surface area contributed by atoms with Crippen LogP contribution in [0.15, 0.2) is 0 Å². The molecule has 0 aromatic carbocycles. The monoisotopic (exact) mass is 829 g/mol. The van der Waals surface area contributed by atoms with Crippen molar-refractivity contribution in [1.29, 1.82) is 0 Å². The highest BCUT2D eigenvalue weighted by atomic mass is 16.6. The van der Waals surface area contributed by atoms with Crippen LogP contribution in [-0.2, 0) is 62.1 Å². The van der Waals surface area contributed by atoms with Gasteiger partial charge < -0.3 is 55.3 Å². The average molecular weight is 830 g/mol. The van der Waals surface area contributed by atoms with Gasteiger partial charge in [-0.05, 0) is 18.8 Å². The van der Waals surface area contributed by atoms with Crippen LogP contribution in [0.4, 0.5) is 0 Å². The maximum atomic E-state index is 13.5. The van der Waals surface area contributed by atoms with Crippen LogP contribution in [0, 0.1) is 36.0 Å². The third-order valence-corrected chi connectivity index (χ3v) is 8.50. The highest BCUT2D eigenvalue weighted by Gasteiger charge is 2.34. The first-order valence-electron chi connectivity index (χ1n) is 18.9. The van der Waals surface area contributed by atoms with E-state index in [0.717, 1.165) is 0 Å². The van der Waals surface area contributed by atoms with Crippen LogP contribution in [-0.4, -0.2) is 145 Å². The van der Waals surface area contributed by atoms with Gasteiger partial charge in [0.05, 0.1) is 84.2 Å². The van der Waals surface area contributed by atoms with Crippen molar-refractivity contribution in [1.82, 2.24) is 16.0 Å². The molecule has 0 heterocycles. The Labute approximate surface area is 337 Å². The van der Waals surface area contributed by atoms with E-state index in [4.69, 9.17) is 30.5 Å². The van der Waals surface area contributed by atoms with Gasteiger partial charge in [0, 0.05) is 50.0 Å². The van der Waals surface area contributed by atoms with E-state index in [2.05, 4.69) is 21.9 Å². The molecule has 3 amide bonds. The van der Waals surface area contributed by atoms with Crippen LogP contribution < -0.4 is 16.0 Å². The Morgan fingerprint density at radius 2 is 1.05 bits per heavy atom. The first kappa shape index (κ1) is 53.0. The summed E-state index contributed by atoms with van der Waals surface area (Å²) < 4.78 is 21.1. The van der Waals surface area contributed by atoms with E-state index in [-0.39, 0.29) is 71.9 Å². The van der Waals surface area contributed by atoms with Crippen LogP contribution in [0.1, 0.15) is 78.6 Å². The second kappa shape index (κ2) is 31.1. The van der Waals surface area contributed by atoms with Gasteiger partial charge in [-0.2, -0.15) is 0 Å². The average Bonchev–Trinajstić information content (AvgIpc) is 3.13. The number of carbonyl (C=O) groups excluding carboxylic acids is 5. The van der Waals surface area contributed by atoms with Crippen LogP contribution in [0.3, 0.4) is 0 Å². The number of hydrogen-bond donors (Lipinski definition) is 7. The molecule has 328 valence electrons. The number of aliphatic carboxylic acids is 4. The number of rotatable bonds is 36. The van der Waals surface area contributed by atoms with Crippen molar-refractivity contribution in [2.75, 3.05) is 59.4 Å². The molecule has 0 rings (SSSR count). The summed E-state index contributed by atoms with van der Waals surface area (Å²) in [5, 5.41) is 43.9. The molecule has 0 fully saturated rings. The number of amides is 3. The van der Waals surface area contributed by atoms with Crippen molar-refractivity contribution >= 4 is 53.2 Å². The van der Waals surface area contributed by atoms with E-state index in [1.54, 1.807) is 13.8 Å². The largest absolute Gasteiger partial charge is 0.481 e. The van der Waals surface area contributed by atoms with Crippen LogP contribution in [0.25, 0.3) is 0 Å². The molecule has 7 N–H and O–H groups in total. The Balaban J connectivity index is 5.14. The maximum absolute atomic E-state index is 13.5. The van der Waals surface area contributed by atoms with Gasteiger partial charge in [0.2, 0.25) is 17.7 Å². The van der Waals surface area contributed by atoms with Crippen molar-refractivity contribution in [3.8, 4) is 12.3 Å². The molecular formula is C38H59N3O17. The van der Waals surface area contributed by atoms with Crippen molar-refractivity contribution in [2.45, 2.75) is 90.6 Å². The fourth-order valence-electron chi connectivity index (χ4n) is 5.23. The molecule has 0 spiro atoms. The van der Waals surface area contributed by atoms with Crippen molar-refractivity contribution in [3.63, 3.8) is 0 Å². The summed E-state index contributed by atoms with van der Waals surface area (Å²) in [4.78, 5) is 110. The zero-order valence-corrected chi connectivity index (χ0v) is 33.4. The first-order chi connectivity index (χ1) is 27.4. The number of terminal acetylenes is 1. The SMILES string of the molecule is C#CCC[C@@H](CC(=O)O)C(=O)N[C@@H](CCC(=O)O)C(=O)C[C@H](C(=O)N[C@@H](CC(=O)O)C(=O)C[C@@H](C)C(=O)NCCOCCOCCOCCOCCC(=O)O)C(C)C. The van der Waals surface area contributed by atoms with Gasteiger partial charge in [-0.25, -0.2) is 0 Å². The molecule has 0 aliphatic rings. The van der Waals surface area contributed by atoms with E-state index in [1.165, 1.54) is 6.92 Å². The van der Waals surface area contributed by atoms with Crippen LogP contribution in [0.5, 0.6) is 0 Å². The highest BCUT2D eigenvalue weighted by Crippen LogP contribution is 2.20. The number of ketones is 2. The van der Waals surface area contributed by atoms with Gasteiger partial charge >= 0.3 is 23.9 Å². The van der Waals surface area contributed by atoms with E-state index in [9.17, 15) is 58.5 Å². The van der Waals surface area contributed by atoms with Crippen molar-refractivity contribution in [3.05, 3.63) is 0 Å². The minimum atomic E-state index is -1.56. The normalized spacial score (nSPS) is 13.6. The van der Waals surface area contributed by atoms with Gasteiger partial charge in [0.1, 0.15) is 0 Å². The van der Waals surface area contributed by atoms with Gasteiger partial charge in [-0.1, -0.05) is 20.8 Å². The molecule has 0 aromatic rings. The Hall–Kier alpha value is -4.97. The Morgan fingerprint density at radius 3 is 1.55 bits per heavy atom. The first-order valence-corrected chi connectivity index (χ1v) is 18.9. The fourth-order valence-corrected chi connectivity index (χ4v) is 5.23. The third kappa shape index (κ3) is 26.0. The minimum absolute atomic E-state index is 0.00674. The molecule has 20 heteroatoms. The van der Waals surface area contributed by atoms with Gasteiger partial charge in [-0.3, -0.25) is 43.2 Å². The fraction of sp³-hybridized carbons (Fsp3) is 0.711. The second-order valence-electron chi connectivity index (χ2n) is 13.7. The number of carbonyl (C=O) groups is 9. The Morgan fingerprint density at radius 1 is 0.552 bits per heavy atom. The number of carboxylic acids is 4. The van der Waals surface area contributed by atoms with E-state index < -0.39 is 121 Å². The molecule has 0 bridgehead atoms. The van der Waals surface area contributed by atoms with Gasteiger partial charge in [0.25, 0.3) is 0 Å². The molecular weight excluding hydrogens is 770 g/mol. The van der Waals surface area contributed by atoms with E-state index in [0.29, 0.717) is 13.2 Å². The maximum Gasteiger partial charge on any atom is 0.305 e. The van der Waals surface area contributed by atoms with Crippen LogP contribution in [0.2, 0.25) is 0 Å². The lowest BCUT2D eigenvalue weighted by atomic mass is 9.86. The molecule has 0 radical (unpaired) electrons. The number of nitrogens with one attached hydrogen (secondary N) is 3. The Bertz CT molecular complexity index is 1400. The molecule has 0 unspecified atom stereocenters. The summed E-state index contributed by atoms with van der Waals surface area (Å²) in [5.74, 6) is -10.1. The molecule has 0 aliphatic carbocycles. The summed E-state index contributed by atoms with van der Waals surface area (Å²) in [6.45, 7) is 6.58. The molecule has 0 aliphatic heterocycles. The zero-order chi connectivity index (χ0) is 44.0. The minimum Gasteiger partial charge on any atom is -0.481 e. The topological polar surface area (TPSA) is 308 Å². The van der Waals surface area contributed by atoms with Crippen molar-refractivity contribution < 1.29 is 82.5 Å². The van der Waals surface area contributed by atoms with E-state index >= 15 is 0 Å². The number of Topliss-reactive ketones (excluding diaryl/α,β-unsaturated/α-hetero) is 2. The highest BCUT2D eigenvalue weighted by molar-refractivity contribution is 5.97. The lowest BCUT2D eigenvalue weighted by Gasteiger charge is -2.26. The number of ether oxygens (including phenoxy) is 4. The summed E-state index contributed by atoms with van der Waals surface area (Å²) in [6.07, 6.45) is 1.95. The smallest absolute Gasteiger partial charge is 0.305 e. The van der Waals surface area contributed by atoms with Gasteiger partial charge in [0.15, 0.2) is 11.6 Å². The Kier molecular flexibility index (Phi) is 28.4. The third-order valence-electron chi connectivity index (χ3n) is 8.50. The quantitative estimate of drug-likeness (QED) is 0.0330. The standard InChI is InChI=1S/C38H59N3O17/c1-5-6-7-26(21-34(48)49)37(53)40-28(8-9-32(44)45)31(43)22-27(24(2)3)38(54)41-29(23-35(50)51)30(42)20-25(4)36(52)39-11-13-56-15-17-58-19-18-57-16-14-55-12-10-33(46)47/h1,24-29H,6-23H2,2-4H3,(H,39,52)(H,40,53)(H,41,54)(H,44,45)(H,46,47)(H,48,49)(H,50,51)/t25-,26+,27+,28+,29+/m1/s1. The van der Waals surface area contributed by atoms with Crippen LogP contribution >= 0.6 is 0 Å². The predicted molar refractivity (Wildman–Crippen MR) is 202 cm³/mol. The lowest BCUT2D eigenvalue weighted by molar-refractivity contribution is -0.142. The molecule has 58 heavy (non-hydrogen) atoms. The van der Waals surface area contributed by atoms with Gasteiger partial charge in [-0.15, -0.1) is 12.3 Å². The lowest BCUT2D eigenvalue weighted by Crippen LogP contribution is -2.49. The molecule has 0 aromatic heterocycles. The zero-order valence-electron chi connectivity index (χ0n) is 33.4. The predicted octanol–water partition coefficient (Wildman–Crippen LogP) is 0.284. The number of hydrogen-bond acceptors (Lipinski definition) is 13. The molecule has 20 nitrogen and oxygen atoms in total. The summed E-state index contributed by atoms with van der Waals surface area (Å²) in [5.41, 5.74) is 0. The molecule has 0 saturated carbocycles. The van der Waals surface area contributed by atoms with E-state index in [1.807, 2.05) is 0 Å². The van der Waals surface area contributed by atoms with Crippen molar-refractivity contribution in [2.24, 2.45) is 23.7 Å². The second-order valence-corrected chi connectivity index (χ2v) is 13.7.